The summed E-state index contributed by atoms with van der Waals surface area (Å²) in [5, 5.41) is 0. The molecule has 0 aliphatic carbocycles. The molecule has 0 fully saturated rings. The van der Waals surface area contributed by atoms with E-state index in [1.54, 1.807) is 0 Å². The first-order chi connectivity index (χ1) is 7.98. The minimum absolute atomic E-state index is 0.0901. The Kier molecular flexibility index (Phi) is 7.40. The second kappa shape index (κ2) is 7.05. The molecule has 2 unspecified atom stereocenters. The number of alkyl halides is 2. The smallest absolute Gasteiger partial charge is 0.322 e. The van der Waals surface area contributed by atoms with Gasteiger partial charge in [-0.25, -0.2) is 0 Å². The summed E-state index contributed by atoms with van der Waals surface area (Å²) in [6.45, 7) is 4.69. The summed E-state index contributed by atoms with van der Waals surface area (Å²) >= 11 is 11.1. The van der Waals surface area contributed by atoms with Gasteiger partial charge in [0.1, 0.15) is 0 Å². The summed E-state index contributed by atoms with van der Waals surface area (Å²) in [5.41, 5.74) is 0. The molecule has 0 saturated heterocycles. The Balaban J connectivity index is 4.98. The van der Waals surface area contributed by atoms with E-state index in [-0.39, 0.29) is 6.61 Å². The Labute approximate surface area is 117 Å². The molecule has 0 amide bonds. The van der Waals surface area contributed by atoms with Crippen molar-refractivity contribution >= 4 is 38.4 Å². The van der Waals surface area contributed by atoms with Crippen LogP contribution in [0.5, 0.6) is 0 Å². The molecular formula is C8H18Cl2O6P2. The predicted octanol–water partition coefficient (Wildman–Crippen LogP) is 3.69. The van der Waals surface area contributed by atoms with Crippen molar-refractivity contribution in [2.75, 3.05) is 6.61 Å². The van der Waals surface area contributed by atoms with Gasteiger partial charge in [0.25, 0.3) is 0 Å². The SMILES string of the molecule is CCCCOP(=O)(O)C(Cl)(Cl)P(=O)(O)OC(C)C. The van der Waals surface area contributed by atoms with Gasteiger partial charge in [-0.2, -0.15) is 0 Å². The quantitative estimate of drug-likeness (QED) is 0.397. The third-order valence-electron chi connectivity index (χ3n) is 1.80. The first kappa shape index (κ1) is 18.9. The zero-order valence-corrected chi connectivity index (χ0v) is 13.7. The van der Waals surface area contributed by atoms with Crippen molar-refractivity contribution in [1.29, 1.82) is 0 Å². The van der Waals surface area contributed by atoms with Crippen molar-refractivity contribution in [2.45, 2.75) is 43.5 Å². The number of unbranched alkanes of at least 4 members (excludes halogenated alkanes) is 1. The molecular weight excluding hydrogens is 325 g/mol. The summed E-state index contributed by atoms with van der Waals surface area (Å²) in [7, 11) is -9.44. The topological polar surface area (TPSA) is 93.1 Å². The normalized spacial score (nSPS) is 19.6. The maximum Gasteiger partial charge on any atom is 0.376 e. The molecule has 0 aromatic rings. The maximum atomic E-state index is 11.8. The Morgan fingerprint density at radius 1 is 1.22 bits per heavy atom. The molecule has 0 aromatic carbocycles. The minimum Gasteiger partial charge on any atom is -0.322 e. The van der Waals surface area contributed by atoms with E-state index >= 15 is 0 Å². The van der Waals surface area contributed by atoms with E-state index in [0.717, 1.165) is 6.42 Å². The van der Waals surface area contributed by atoms with Crippen LogP contribution in [0.4, 0.5) is 0 Å². The Morgan fingerprint density at radius 3 is 2.11 bits per heavy atom. The van der Waals surface area contributed by atoms with Gasteiger partial charge in [0.05, 0.1) is 12.7 Å². The van der Waals surface area contributed by atoms with Gasteiger partial charge in [-0.05, 0) is 20.3 Å². The Morgan fingerprint density at radius 2 is 1.72 bits per heavy atom. The molecule has 18 heavy (non-hydrogen) atoms. The summed E-state index contributed by atoms with van der Waals surface area (Å²) in [6.07, 6.45) is 0.528. The standard InChI is InChI=1S/C8H18Cl2O6P2/c1-4-5-6-15-17(11,12)8(9,10)18(13,14)16-7(2)3/h7H,4-6H2,1-3H3,(H,11,12)(H,13,14). The lowest BCUT2D eigenvalue weighted by Gasteiger charge is -2.29. The highest BCUT2D eigenvalue weighted by Gasteiger charge is 2.61. The van der Waals surface area contributed by atoms with Crippen LogP contribution in [0.1, 0.15) is 33.6 Å². The van der Waals surface area contributed by atoms with Crippen LogP contribution in [0, 0.1) is 0 Å². The lowest BCUT2D eigenvalue weighted by molar-refractivity contribution is 0.199. The average Bonchev–Trinajstić information content (AvgIpc) is 2.15. The number of halogens is 2. The third-order valence-corrected chi connectivity index (χ3v) is 8.48. The molecule has 0 aromatic heterocycles. The van der Waals surface area contributed by atoms with Gasteiger partial charge in [0, 0.05) is 0 Å². The minimum atomic E-state index is -4.73. The van der Waals surface area contributed by atoms with E-state index in [1.807, 2.05) is 6.92 Å². The van der Waals surface area contributed by atoms with Crippen LogP contribution in [0.3, 0.4) is 0 Å². The highest BCUT2D eigenvalue weighted by molar-refractivity contribution is 7.79. The first-order valence-electron chi connectivity index (χ1n) is 5.34. The lowest BCUT2D eigenvalue weighted by atomic mass is 10.4. The highest BCUT2D eigenvalue weighted by Crippen LogP contribution is 2.78. The average molecular weight is 343 g/mol. The van der Waals surface area contributed by atoms with Gasteiger partial charge in [-0.15, -0.1) is 0 Å². The zero-order valence-electron chi connectivity index (χ0n) is 10.4. The molecule has 0 saturated carbocycles. The molecule has 0 heterocycles. The van der Waals surface area contributed by atoms with E-state index in [4.69, 9.17) is 23.2 Å². The molecule has 0 aliphatic rings. The molecule has 0 rings (SSSR count). The van der Waals surface area contributed by atoms with E-state index in [1.165, 1.54) is 13.8 Å². The fraction of sp³-hybridized carbons (Fsp3) is 1.00. The monoisotopic (exact) mass is 342 g/mol. The second-order valence-electron chi connectivity index (χ2n) is 3.89. The van der Waals surface area contributed by atoms with Gasteiger partial charge >= 0.3 is 19.0 Å². The Bertz CT molecular complexity index is 359. The summed E-state index contributed by atoms with van der Waals surface area (Å²) in [6, 6.07) is 0. The predicted molar refractivity (Wildman–Crippen MR) is 71.2 cm³/mol. The largest absolute Gasteiger partial charge is 0.376 e. The van der Waals surface area contributed by atoms with Crippen LogP contribution in [0.25, 0.3) is 0 Å². The molecule has 10 heteroatoms. The summed E-state index contributed by atoms with van der Waals surface area (Å²) in [4.78, 5) is 19.1. The molecule has 2 atom stereocenters. The van der Waals surface area contributed by atoms with Gasteiger partial charge in [0.2, 0.25) is 0 Å². The molecule has 110 valence electrons. The number of hydrogen-bond donors (Lipinski definition) is 2. The van der Waals surface area contributed by atoms with Crippen molar-refractivity contribution in [1.82, 2.24) is 0 Å². The molecule has 0 bridgehead atoms. The van der Waals surface area contributed by atoms with Crippen molar-refractivity contribution in [3.8, 4) is 0 Å². The van der Waals surface area contributed by atoms with Crippen LogP contribution in [-0.2, 0) is 18.2 Å². The fourth-order valence-electron chi connectivity index (χ4n) is 0.919. The van der Waals surface area contributed by atoms with Gasteiger partial charge < -0.3 is 18.8 Å². The van der Waals surface area contributed by atoms with E-state index < -0.39 is 25.1 Å². The van der Waals surface area contributed by atoms with Crippen molar-refractivity contribution in [3.05, 3.63) is 0 Å². The molecule has 0 radical (unpaired) electrons. The van der Waals surface area contributed by atoms with Crippen LogP contribution in [0.15, 0.2) is 0 Å². The summed E-state index contributed by atoms with van der Waals surface area (Å²) in [5.74, 6) is 0. The van der Waals surface area contributed by atoms with E-state index in [9.17, 15) is 18.9 Å². The first-order valence-corrected chi connectivity index (χ1v) is 9.25. The van der Waals surface area contributed by atoms with Crippen LogP contribution in [0.2, 0.25) is 0 Å². The van der Waals surface area contributed by atoms with Gasteiger partial charge in [-0.3, -0.25) is 9.13 Å². The Hall–Kier alpha value is 0.880. The van der Waals surface area contributed by atoms with Crippen molar-refractivity contribution in [3.63, 3.8) is 0 Å². The molecule has 2 N–H and O–H groups in total. The van der Waals surface area contributed by atoms with E-state index in [2.05, 4.69) is 9.05 Å². The fourth-order valence-corrected chi connectivity index (χ4v) is 4.27. The molecule has 0 aliphatic heterocycles. The summed E-state index contributed by atoms with van der Waals surface area (Å²) < 4.78 is 29.9. The van der Waals surface area contributed by atoms with Crippen molar-refractivity contribution in [2.24, 2.45) is 0 Å². The lowest BCUT2D eigenvalue weighted by Crippen LogP contribution is -2.19. The van der Waals surface area contributed by atoms with E-state index in [0.29, 0.717) is 6.42 Å². The highest BCUT2D eigenvalue weighted by atomic mass is 35.5. The molecule has 6 nitrogen and oxygen atoms in total. The van der Waals surface area contributed by atoms with Gasteiger partial charge in [-0.1, -0.05) is 36.5 Å². The van der Waals surface area contributed by atoms with Crippen LogP contribution >= 0.6 is 38.4 Å². The van der Waals surface area contributed by atoms with Crippen molar-refractivity contribution < 1.29 is 28.0 Å². The van der Waals surface area contributed by atoms with Crippen LogP contribution in [-0.4, -0.2) is 26.3 Å². The van der Waals surface area contributed by atoms with Crippen LogP contribution < -0.4 is 0 Å². The third kappa shape index (κ3) is 4.77. The second-order valence-corrected chi connectivity index (χ2v) is 10.5. The molecule has 0 spiro atoms. The van der Waals surface area contributed by atoms with Gasteiger partial charge in [0.15, 0.2) is 0 Å². The number of hydrogen-bond acceptors (Lipinski definition) is 4. The maximum absolute atomic E-state index is 11.8. The number of rotatable bonds is 8. The zero-order chi connectivity index (χ0) is 14.6.